The Bertz CT molecular complexity index is 370. The molecule has 22 heavy (non-hydrogen) atoms. The number of amides is 1. The molecule has 7 heteroatoms. The van der Waals surface area contributed by atoms with Crippen LogP contribution >= 0.6 is 0 Å². The number of nitrogens with one attached hydrogen (secondary N) is 1. The fraction of sp³-hybridized carbons (Fsp3) is 0.933. The molecule has 0 aliphatic carbocycles. The van der Waals surface area contributed by atoms with Crippen LogP contribution in [0, 0.1) is 11.8 Å². The first-order valence-electron chi connectivity index (χ1n) is 8.17. The summed E-state index contributed by atoms with van der Waals surface area (Å²) in [5.74, 6) is 0.452. The molecule has 0 aromatic carbocycles. The Labute approximate surface area is 130 Å². The van der Waals surface area contributed by atoms with Crippen molar-refractivity contribution in [2.75, 3.05) is 45.8 Å². The van der Waals surface area contributed by atoms with Crippen LogP contribution in [0.2, 0.25) is 0 Å². The van der Waals surface area contributed by atoms with Crippen LogP contribution in [0.25, 0.3) is 0 Å². The number of carbonyl (C=O) groups is 1. The second kappa shape index (κ2) is 7.64. The van der Waals surface area contributed by atoms with Gasteiger partial charge in [-0.1, -0.05) is 6.92 Å². The second-order valence-corrected chi connectivity index (χ2v) is 6.41. The Balaban J connectivity index is 1.80. The monoisotopic (exact) mass is 321 g/mol. The molecular weight excluding hydrogens is 295 g/mol. The zero-order chi connectivity index (χ0) is 16.2. The number of rotatable bonds is 5. The fourth-order valence-corrected chi connectivity index (χ4v) is 3.43. The van der Waals surface area contributed by atoms with E-state index in [0.717, 1.165) is 32.4 Å². The highest BCUT2D eigenvalue weighted by atomic mass is 19.4. The van der Waals surface area contributed by atoms with Crippen LogP contribution in [-0.2, 0) is 4.79 Å². The van der Waals surface area contributed by atoms with Crippen molar-refractivity contribution in [3.63, 3.8) is 0 Å². The average molecular weight is 321 g/mol. The Morgan fingerprint density at radius 2 is 1.95 bits per heavy atom. The third kappa shape index (κ3) is 5.12. The van der Waals surface area contributed by atoms with E-state index in [1.807, 2.05) is 4.90 Å². The number of hydrogen-bond donors (Lipinski definition) is 1. The van der Waals surface area contributed by atoms with Crippen LogP contribution in [0.3, 0.4) is 0 Å². The molecule has 0 bridgehead atoms. The topological polar surface area (TPSA) is 35.6 Å². The molecule has 4 nitrogen and oxygen atoms in total. The largest absolute Gasteiger partial charge is 0.401 e. The predicted octanol–water partition coefficient (Wildman–Crippen LogP) is 1.72. The van der Waals surface area contributed by atoms with E-state index >= 15 is 0 Å². The van der Waals surface area contributed by atoms with Crippen molar-refractivity contribution in [3.05, 3.63) is 0 Å². The zero-order valence-corrected chi connectivity index (χ0v) is 13.2. The normalized spacial score (nSPS) is 24.2. The quantitative estimate of drug-likeness (QED) is 0.837. The smallest absolute Gasteiger partial charge is 0.342 e. The lowest BCUT2D eigenvalue weighted by atomic mass is 9.97. The summed E-state index contributed by atoms with van der Waals surface area (Å²) in [6, 6.07) is 0. The molecule has 0 aromatic rings. The van der Waals surface area contributed by atoms with Crippen molar-refractivity contribution in [3.8, 4) is 0 Å². The van der Waals surface area contributed by atoms with Gasteiger partial charge < -0.3 is 10.2 Å². The molecule has 2 aliphatic rings. The van der Waals surface area contributed by atoms with E-state index in [1.54, 1.807) is 6.92 Å². The lowest BCUT2D eigenvalue weighted by molar-refractivity contribution is -0.147. The highest BCUT2D eigenvalue weighted by Crippen LogP contribution is 2.24. The summed E-state index contributed by atoms with van der Waals surface area (Å²) in [6.45, 7) is 4.75. The number of halogens is 3. The minimum absolute atomic E-state index is 0.0949. The van der Waals surface area contributed by atoms with Crippen molar-refractivity contribution < 1.29 is 18.0 Å². The van der Waals surface area contributed by atoms with Crippen molar-refractivity contribution in [1.29, 1.82) is 0 Å². The summed E-state index contributed by atoms with van der Waals surface area (Å²) in [5.41, 5.74) is 0. The maximum Gasteiger partial charge on any atom is 0.401 e. The molecule has 0 aromatic heterocycles. The summed E-state index contributed by atoms with van der Waals surface area (Å²) in [6.07, 6.45) is -1.60. The summed E-state index contributed by atoms with van der Waals surface area (Å²) in [7, 11) is 0. The van der Waals surface area contributed by atoms with Gasteiger partial charge in [0, 0.05) is 25.6 Å². The van der Waals surface area contributed by atoms with Crippen molar-refractivity contribution in [2.24, 2.45) is 11.8 Å². The van der Waals surface area contributed by atoms with E-state index < -0.39 is 12.7 Å². The highest BCUT2D eigenvalue weighted by Gasteiger charge is 2.34. The van der Waals surface area contributed by atoms with E-state index in [1.165, 1.54) is 4.90 Å². The average Bonchev–Trinajstić information content (AvgIpc) is 2.93. The summed E-state index contributed by atoms with van der Waals surface area (Å²) < 4.78 is 37.5. The third-order valence-electron chi connectivity index (χ3n) is 4.65. The number of likely N-dealkylation sites (tertiary alicyclic amines) is 1. The van der Waals surface area contributed by atoms with Gasteiger partial charge in [0.25, 0.3) is 0 Å². The number of hydrogen-bond acceptors (Lipinski definition) is 3. The number of piperidine rings is 1. The first kappa shape index (κ1) is 17.5. The van der Waals surface area contributed by atoms with Gasteiger partial charge in [0.15, 0.2) is 0 Å². The van der Waals surface area contributed by atoms with Gasteiger partial charge in [-0.15, -0.1) is 0 Å². The molecule has 1 amide bonds. The van der Waals surface area contributed by atoms with Gasteiger partial charge in [-0.3, -0.25) is 9.69 Å². The van der Waals surface area contributed by atoms with Gasteiger partial charge in [-0.2, -0.15) is 13.2 Å². The van der Waals surface area contributed by atoms with Crippen molar-refractivity contribution in [2.45, 2.75) is 32.4 Å². The summed E-state index contributed by atoms with van der Waals surface area (Å²) in [4.78, 5) is 15.7. The molecule has 0 saturated carbocycles. The Hall–Kier alpha value is -0.820. The number of alkyl halides is 3. The Morgan fingerprint density at radius 1 is 1.27 bits per heavy atom. The molecule has 2 rings (SSSR count). The van der Waals surface area contributed by atoms with Gasteiger partial charge in [-0.05, 0) is 44.8 Å². The lowest BCUT2D eigenvalue weighted by Crippen LogP contribution is -2.41. The first-order chi connectivity index (χ1) is 10.4. The minimum atomic E-state index is -4.15. The summed E-state index contributed by atoms with van der Waals surface area (Å²) in [5, 5.41) is 3.24. The molecule has 0 spiro atoms. The van der Waals surface area contributed by atoms with E-state index in [-0.39, 0.29) is 17.7 Å². The maximum absolute atomic E-state index is 12.5. The van der Waals surface area contributed by atoms with Crippen LogP contribution in [0.15, 0.2) is 0 Å². The van der Waals surface area contributed by atoms with Crippen LogP contribution < -0.4 is 5.32 Å². The van der Waals surface area contributed by atoms with Gasteiger partial charge in [0.2, 0.25) is 5.91 Å². The van der Waals surface area contributed by atoms with E-state index in [4.69, 9.17) is 0 Å². The molecule has 1 atom stereocenters. The summed E-state index contributed by atoms with van der Waals surface area (Å²) >= 11 is 0. The van der Waals surface area contributed by atoms with Crippen LogP contribution in [0.4, 0.5) is 13.2 Å². The standard InChI is InChI=1S/C15H26F3N3O/c1-2-20(11-15(16,17)18)9-12-5-8-21(10-12)14(22)13-3-6-19-7-4-13/h12-13,19H,2-11H2,1H3. The van der Waals surface area contributed by atoms with E-state index in [2.05, 4.69) is 5.32 Å². The predicted molar refractivity (Wildman–Crippen MR) is 78.4 cm³/mol. The van der Waals surface area contributed by atoms with Crippen LogP contribution in [0.5, 0.6) is 0 Å². The molecule has 0 radical (unpaired) electrons. The van der Waals surface area contributed by atoms with Crippen LogP contribution in [-0.4, -0.2) is 67.7 Å². The molecule has 2 aliphatic heterocycles. The third-order valence-corrected chi connectivity index (χ3v) is 4.65. The first-order valence-corrected chi connectivity index (χ1v) is 8.17. The Morgan fingerprint density at radius 3 is 2.55 bits per heavy atom. The minimum Gasteiger partial charge on any atom is -0.342 e. The van der Waals surface area contributed by atoms with Crippen molar-refractivity contribution >= 4 is 5.91 Å². The number of nitrogens with zero attached hydrogens (tertiary/aromatic N) is 2. The Kier molecular flexibility index (Phi) is 6.09. The van der Waals surface area contributed by atoms with Gasteiger partial charge >= 0.3 is 6.18 Å². The number of carbonyl (C=O) groups excluding carboxylic acids is 1. The van der Waals surface area contributed by atoms with Crippen molar-refractivity contribution in [1.82, 2.24) is 15.1 Å². The molecule has 2 fully saturated rings. The molecule has 128 valence electrons. The second-order valence-electron chi connectivity index (χ2n) is 6.41. The van der Waals surface area contributed by atoms with E-state index in [9.17, 15) is 18.0 Å². The fourth-order valence-electron chi connectivity index (χ4n) is 3.43. The molecular formula is C15H26F3N3O. The van der Waals surface area contributed by atoms with Gasteiger partial charge in [-0.25, -0.2) is 0 Å². The molecule has 1 unspecified atom stereocenters. The van der Waals surface area contributed by atoms with Crippen LogP contribution in [0.1, 0.15) is 26.2 Å². The maximum atomic E-state index is 12.5. The SMILES string of the molecule is CCN(CC1CCN(C(=O)C2CCNCC2)C1)CC(F)(F)F. The lowest BCUT2D eigenvalue weighted by Gasteiger charge is -2.28. The van der Waals surface area contributed by atoms with Gasteiger partial charge in [0.1, 0.15) is 0 Å². The van der Waals surface area contributed by atoms with E-state index in [0.29, 0.717) is 26.2 Å². The zero-order valence-electron chi connectivity index (χ0n) is 13.2. The molecule has 2 heterocycles. The molecule has 2 saturated heterocycles. The van der Waals surface area contributed by atoms with Gasteiger partial charge in [0.05, 0.1) is 6.54 Å². The molecule has 1 N–H and O–H groups in total. The highest BCUT2D eigenvalue weighted by molar-refractivity contribution is 5.79.